The molecule has 2 aliphatic heterocycles. The molecule has 11 heteroatoms. The van der Waals surface area contributed by atoms with E-state index in [0.717, 1.165) is 0 Å². The molecule has 2 saturated heterocycles. The summed E-state index contributed by atoms with van der Waals surface area (Å²) in [6, 6.07) is 1.27. The van der Waals surface area contributed by atoms with Crippen molar-refractivity contribution < 1.29 is 28.0 Å². The van der Waals surface area contributed by atoms with Crippen LogP contribution in [0.15, 0.2) is 17.1 Å². The molecule has 0 bridgehead atoms. The average Bonchev–Trinajstić information content (AvgIpc) is 2.76. The second kappa shape index (κ2) is 6.63. The number of fused-ring (bicyclic) bond motifs is 1. The summed E-state index contributed by atoms with van der Waals surface area (Å²) in [5.41, 5.74) is -2.17. The minimum absolute atomic E-state index is 0.0601. The van der Waals surface area contributed by atoms with Gasteiger partial charge >= 0.3 is 7.82 Å². The normalized spacial score (nSPS) is 37.5. The van der Waals surface area contributed by atoms with Gasteiger partial charge < -0.3 is 9.84 Å². The third kappa shape index (κ3) is 3.87. The number of nitrogens with one attached hydrogen (secondary N) is 1. The summed E-state index contributed by atoms with van der Waals surface area (Å²) in [4.78, 5) is 13.8. The molecule has 1 aromatic rings. The molecule has 3 unspecified atom stereocenters. The summed E-state index contributed by atoms with van der Waals surface area (Å²) in [6.45, 7) is 7.38. The van der Waals surface area contributed by atoms with Gasteiger partial charge in [0.2, 0.25) is 0 Å². The van der Waals surface area contributed by atoms with E-state index in [9.17, 15) is 14.5 Å². The number of hydrogen-bond donors (Lipinski definition) is 2. The van der Waals surface area contributed by atoms with Crippen LogP contribution in [0.4, 0.5) is 0 Å². The van der Waals surface area contributed by atoms with Crippen molar-refractivity contribution in [3.05, 3.63) is 27.4 Å². The van der Waals surface area contributed by atoms with Crippen molar-refractivity contribution in [3.63, 3.8) is 0 Å². The molecule has 1 aromatic heterocycles. The summed E-state index contributed by atoms with van der Waals surface area (Å²) in [5.74, 6) is 0. The van der Waals surface area contributed by atoms with E-state index in [4.69, 9.17) is 30.5 Å². The van der Waals surface area contributed by atoms with Crippen molar-refractivity contribution in [3.8, 4) is 0 Å². The Labute approximate surface area is 155 Å². The van der Waals surface area contributed by atoms with Gasteiger partial charge in [0.05, 0.1) is 13.2 Å². The van der Waals surface area contributed by atoms with E-state index in [2.05, 4.69) is 4.98 Å². The molecule has 0 radical (unpaired) electrons. The molecular formula is C15H23N2O7PS. The Balaban J connectivity index is 1.84. The van der Waals surface area contributed by atoms with E-state index in [1.165, 1.54) is 23.8 Å². The van der Waals surface area contributed by atoms with Gasteiger partial charge in [-0.15, -0.1) is 0 Å². The number of hydrogen-bond acceptors (Lipinski definition) is 8. The quantitative estimate of drug-likeness (QED) is 0.580. The molecule has 26 heavy (non-hydrogen) atoms. The molecule has 0 aliphatic carbocycles. The van der Waals surface area contributed by atoms with Crippen LogP contribution < -0.4 is 5.56 Å². The Hall–Kier alpha value is -0.870. The highest BCUT2D eigenvalue weighted by molar-refractivity contribution is 7.71. The summed E-state index contributed by atoms with van der Waals surface area (Å²) in [7, 11) is -3.83. The number of ether oxygens (including phenoxy) is 1. The Bertz CT molecular complexity index is 843. The zero-order chi connectivity index (χ0) is 19.3. The van der Waals surface area contributed by atoms with Gasteiger partial charge in [-0.2, -0.15) is 0 Å². The van der Waals surface area contributed by atoms with Crippen LogP contribution in [-0.4, -0.2) is 45.7 Å². The summed E-state index contributed by atoms with van der Waals surface area (Å²) >= 11 is 5.14. The van der Waals surface area contributed by atoms with Gasteiger partial charge in [-0.25, -0.2) is 4.57 Å². The highest BCUT2D eigenvalue weighted by Crippen LogP contribution is 2.59. The first-order chi connectivity index (χ1) is 11.9. The fourth-order valence-electron chi connectivity index (χ4n) is 2.83. The Morgan fingerprint density at radius 1 is 1.54 bits per heavy atom. The Morgan fingerprint density at radius 2 is 2.23 bits per heavy atom. The minimum atomic E-state index is -3.83. The van der Waals surface area contributed by atoms with Gasteiger partial charge in [0.1, 0.15) is 17.8 Å². The lowest BCUT2D eigenvalue weighted by Gasteiger charge is -2.35. The first-order valence-corrected chi connectivity index (χ1v) is 10.0. The van der Waals surface area contributed by atoms with Crippen LogP contribution in [0, 0.1) is 10.2 Å². The second-order valence-electron chi connectivity index (χ2n) is 7.87. The van der Waals surface area contributed by atoms with E-state index in [0.29, 0.717) is 0 Å². The monoisotopic (exact) mass is 406 g/mol. The zero-order valence-corrected chi connectivity index (χ0v) is 16.7. The fraction of sp³-hybridized carbons (Fsp3) is 0.733. The van der Waals surface area contributed by atoms with Crippen LogP contribution in [0.2, 0.25) is 0 Å². The van der Waals surface area contributed by atoms with Crippen molar-refractivity contribution in [1.29, 1.82) is 0 Å². The molecule has 5 atom stereocenters. The van der Waals surface area contributed by atoms with Crippen molar-refractivity contribution in [2.75, 3.05) is 13.2 Å². The number of aromatic nitrogens is 2. The maximum absolute atomic E-state index is 12.8. The van der Waals surface area contributed by atoms with E-state index in [1.54, 1.807) is 0 Å². The molecule has 0 saturated carbocycles. The molecule has 2 aliphatic rings. The third-order valence-electron chi connectivity index (χ3n) is 4.12. The lowest BCUT2D eigenvalue weighted by molar-refractivity contribution is -0.0938. The van der Waals surface area contributed by atoms with Gasteiger partial charge in [-0.1, -0.05) is 20.8 Å². The summed E-state index contributed by atoms with van der Waals surface area (Å²) in [5, 5.41) is 11.0. The highest BCUT2D eigenvalue weighted by Gasteiger charge is 2.60. The molecule has 3 heterocycles. The van der Waals surface area contributed by atoms with Crippen molar-refractivity contribution in [1.82, 2.24) is 9.55 Å². The number of phosphoric acid groups is 1. The van der Waals surface area contributed by atoms with Gasteiger partial charge in [0.25, 0.3) is 5.56 Å². The molecule has 0 amide bonds. The van der Waals surface area contributed by atoms with Crippen LogP contribution in [0.1, 0.15) is 33.9 Å². The third-order valence-corrected chi connectivity index (χ3v) is 5.83. The predicted molar refractivity (Wildman–Crippen MR) is 94.3 cm³/mol. The average molecular weight is 406 g/mol. The second-order valence-corrected chi connectivity index (χ2v) is 9.88. The molecule has 9 nitrogen and oxygen atoms in total. The van der Waals surface area contributed by atoms with Crippen LogP contribution in [0.5, 0.6) is 0 Å². The number of H-pyrrole nitrogens is 1. The first-order valence-electron chi connectivity index (χ1n) is 8.18. The van der Waals surface area contributed by atoms with Gasteiger partial charge in [0, 0.05) is 12.3 Å². The van der Waals surface area contributed by atoms with Gasteiger partial charge in [-0.3, -0.25) is 27.9 Å². The largest absolute Gasteiger partial charge is 0.475 e. The zero-order valence-electron chi connectivity index (χ0n) is 15.0. The predicted octanol–water partition coefficient (Wildman–Crippen LogP) is 2.14. The summed E-state index contributed by atoms with van der Waals surface area (Å²) in [6.07, 6.45) is -1.13. The molecule has 0 aromatic carbocycles. The molecule has 3 rings (SSSR count). The Morgan fingerprint density at radius 3 is 2.85 bits per heavy atom. The van der Waals surface area contributed by atoms with Gasteiger partial charge in [-0.05, 0) is 24.6 Å². The number of rotatable bonds is 3. The number of aliphatic hydroxyl groups is 1. The van der Waals surface area contributed by atoms with E-state index < -0.39 is 31.9 Å². The highest BCUT2D eigenvalue weighted by atomic mass is 32.1. The van der Waals surface area contributed by atoms with Crippen LogP contribution in [0.25, 0.3) is 0 Å². The smallest absolute Gasteiger partial charge is 0.383 e. The number of aromatic amines is 1. The van der Waals surface area contributed by atoms with Crippen LogP contribution in [-0.2, 0) is 22.9 Å². The fourth-order valence-corrected chi connectivity index (χ4v) is 4.78. The molecule has 146 valence electrons. The van der Waals surface area contributed by atoms with E-state index in [-0.39, 0.29) is 29.0 Å². The molecule has 0 spiro atoms. The maximum Gasteiger partial charge on any atom is 0.475 e. The number of nitrogens with zero attached hydrogens (tertiary/aromatic N) is 1. The molecular weight excluding hydrogens is 383 g/mol. The van der Waals surface area contributed by atoms with Crippen molar-refractivity contribution >= 4 is 20.0 Å². The Kier molecular flexibility index (Phi) is 5.07. The lowest BCUT2D eigenvalue weighted by atomic mass is 9.96. The van der Waals surface area contributed by atoms with Crippen LogP contribution in [0.3, 0.4) is 0 Å². The molecule has 2 N–H and O–H groups in total. The van der Waals surface area contributed by atoms with Crippen molar-refractivity contribution in [2.24, 2.45) is 5.41 Å². The standard InChI is InChI=1S/C15H23N2O7PS/c1-14(2,3)8-22-25(20)21-7-9-11(24-25)15(4,19)12(23-9)17-6-5-10(18)16-13(17)26/h5-6,9,11-12,19H,7-8H2,1-4H3,(H,16,18,26)/t9-,11?,12-,15?,25?/m1/s1. The minimum Gasteiger partial charge on any atom is -0.383 e. The first kappa shape index (κ1) is 19.9. The maximum atomic E-state index is 12.8. The summed E-state index contributed by atoms with van der Waals surface area (Å²) < 4.78 is 36.3. The van der Waals surface area contributed by atoms with Crippen LogP contribution >= 0.6 is 20.0 Å². The van der Waals surface area contributed by atoms with E-state index in [1.807, 2.05) is 20.8 Å². The lowest BCUT2D eigenvalue weighted by Crippen LogP contribution is -2.48. The SMILES string of the molecule is CC(C)(C)COP1(=O)OC[C@H]2O[C@@H](n3ccc(=O)[nH]c3=S)C(C)(O)C2O1. The molecule has 2 fully saturated rings. The number of phosphoric ester groups is 1. The topological polar surface area (TPSA) is 112 Å². The van der Waals surface area contributed by atoms with E-state index >= 15 is 0 Å². The van der Waals surface area contributed by atoms with Gasteiger partial charge in [0.15, 0.2) is 11.0 Å². The van der Waals surface area contributed by atoms with Crippen molar-refractivity contribution in [2.45, 2.75) is 51.7 Å².